The van der Waals surface area contributed by atoms with Gasteiger partial charge in [-0.1, -0.05) is 5.16 Å². The minimum absolute atomic E-state index is 0.0220. The highest BCUT2D eigenvalue weighted by atomic mass is 19.1. The number of amides is 1. The first-order chi connectivity index (χ1) is 11.1. The molecule has 1 unspecified atom stereocenters. The molecule has 0 spiro atoms. The second-order valence-corrected chi connectivity index (χ2v) is 6.29. The van der Waals surface area contributed by atoms with E-state index < -0.39 is 5.67 Å². The van der Waals surface area contributed by atoms with Crippen molar-refractivity contribution < 1.29 is 18.1 Å². The topological polar surface area (TPSA) is 85.3 Å². The third-order valence-corrected chi connectivity index (χ3v) is 4.44. The summed E-state index contributed by atoms with van der Waals surface area (Å²) < 4.78 is 25.6. The van der Waals surface area contributed by atoms with Crippen LogP contribution in [0.25, 0.3) is 0 Å². The van der Waals surface area contributed by atoms with Gasteiger partial charge in [0.25, 0.3) is 11.8 Å². The van der Waals surface area contributed by atoms with Gasteiger partial charge in [-0.25, -0.2) is 9.37 Å². The number of alkyl halides is 1. The van der Waals surface area contributed by atoms with E-state index in [1.54, 1.807) is 6.92 Å². The van der Waals surface area contributed by atoms with Gasteiger partial charge >= 0.3 is 0 Å². The zero-order valence-corrected chi connectivity index (χ0v) is 12.8. The molecule has 0 radical (unpaired) electrons. The Balaban J connectivity index is 1.55. The minimum Gasteiger partial charge on any atom is -0.438 e. The highest BCUT2D eigenvalue weighted by Crippen LogP contribution is 2.41. The Hall–Kier alpha value is -2.25. The molecule has 1 aliphatic carbocycles. The van der Waals surface area contributed by atoms with Gasteiger partial charge in [-0.2, -0.15) is 4.98 Å². The Bertz CT molecular complexity index is 739. The van der Waals surface area contributed by atoms with Crippen molar-refractivity contribution in [2.75, 3.05) is 13.1 Å². The molecule has 1 amide bonds. The lowest BCUT2D eigenvalue weighted by Gasteiger charge is -2.34. The molecule has 0 aromatic carbocycles. The van der Waals surface area contributed by atoms with Gasteiger partial charge in [-0.05, 0) is 32.6 Å². The van der Waals surface area contributed by atoms with Crippen LogP contribution in [0.3, 0.4) is 0 Å². The van der Waals surface area contributed by atoms with Crippen molar-refractivity contribution in [2.45, 2.75) is 44.2 Å². The van der Waals surface area contributed by atoms with Crippen LogP contribution in [0.4, 0.5) is 4.39 Å². The molecule has 2 fully saturated rings. The Kier molecular flexibility index (Phi) is 3.21. The zero-order chi connectivity index (χ0) is 16.0. The molecule has 1 saturated carbocycles. The molecule has 23 heavy (non-hydrogen) atoms. The van der Waals surface area contributed by atoms with Crippen molar-refractivity contribution in [3.63, 3.8) is 0 Å². The Labute approximate surface area is 131 Å². The fourth-order valence-corrected chi connectivity index (χ4v) is 2.93. The van der Waals surface area contributed by atoms with Crippen molar-refractivity contribution in [1.29, 1.82) is 0 Å². The van der Waals surface area contributed by atoms with Crippen LogP contribution >= 0.6 is 0 Å². The normalized spacial score (nSPS) is 24.9. The van der Waals surface area contributed by atoms with E-state index in [-0.39, 0.29) is 30.5 Å². The highest BCUT2D eigenvalue weighted by molar-refractivity contribution is 5.92. The molecule has 7 nitrogen and oxygen atoms in total. The molecule has 2 aromatic heterocycles. The molecular formula is C15H17FN4O3. The molecule has 0 N–H and O–H groups in total. The fourth-order valence-electron chi connectivity index (χ4n) is 2.93. The van der Waals surface area contributed by atoms with E-state index in [0.29, 0.717) is 30.4 Å². The predicted molar refractivity (Wildman–Crippen MR) is 75.4 cm³/mol. The maximum absolute atomic E-state index is 15.3. The Morgan fingerprint density at radius 1 is 1.48 bits per heavy atom. The van der Waals surface area contributed by atoms with Gasteiger partial charge in [-0.3, -0.25) is 4.79 Å². The van der Waals surface area contributed by atoms with Gasteiger partial charge in [0.05, 0.1) is 12.2 Å². The summed E-state index contributed by atoms with van der Waals surface area (Å²) in [6.07, 6.45) is 4.05. The van der Waals surface area contributed by atoms with Gasteiger partial charge in [0, 0.05) is 12.5 Å². The molecule has 0 bridgehead atoms. The molecule has 2 aromatic rings. The monoisotopic (exact) mass is 320 g/mol. The largest absolute Gasteiger partial charge is 0.438 e. The first kappa shape index (κ1) is 14.3. The lowest BCUT2D eigenvalue weighted by atomic mass is 9.94. The molecule has 4 rings (SSSR count). The summed E-state index contributed by atoms with van der Waals surface area (Å²) in [6, 6.07) is 0. The van der Waals surface area contributed by atoms with Gasteiger partial charge in [0.15, 0.2) is 12.2 Å². The van der Waals surface area contributed by atoms with Crippen LogP contribution in [0.5, 0.6) is 0 Å². The van der Waals surface area contributed by atoms with E-state index in [1.165, 1.54) is 11.3 Å². The van der Waals surface area contributed by atoms with Crippen LogP contribution in [0, 0.1) is 6.92 Å². The van der Waals surface area contributed by atoms with Crippen LogP contribution in [0.15, 0.2) is 15.3 Å². The van der Waals surface area contributed by atoms with E-state index in [4.69, 9.17) is 8.94 Å². The molecule has 2 aliphatic rings. The summed E-state index contributed by atoms with van der Waals surface area (Å²) in [7, 11) is 0. The maximum atomic E-state index is 15.3. The van der Waals surface area contributed by atoms with Crippen molar-refractivity contribution in [1.82, 2.24) is 20.0 Å². The van der Waals surface area contributed by atoms with Gasteiger partial charge in [0.2, 0.25) is 11.4 Å². The van der Waals surface area contributed by atoms with E-state index >= 15 is 4.39 Å². The number of aryl methyl sites for hydroxylation is 1. The maximum Gasteiger partial charge on any atom is 0.291 e. The average molecular weight is 320 g/mol. The summed E-state index contributed by atoms with van der Waals surface area (Å²) in [5, 5.41) is 3.87. The van der Waals surface area contributed by atoms with Crippen LogP contribution < -0.4 is 0 Å². The number of aromatic nitrogens is 3. The number of carbonyl (C=O) groups excluding carboxylic acids is 1. The third-order valence-electron chi connectivity index (χ3n) is 4.44. The molecule has 1 aliphatic heterocycles. The number of piperidine rings is 1. The van der Waals surface area contributed by atoms with E-state index in [2.05, 4.69) is 15.1 Å². The first-order valence-corrected chi connectivity index (χ1v) is 7.79. The molecule has 1 atom stereocenters. The predicted octanol–water partition coefficient (Wildman–Crippen LogP) is 2.34. The third kappa shape index (κ3) is 2.51. The van der Waals surface area contributed by atoms with Crippen LogP contribution in [-0.4, -0.2) is 39.0 Å². The number of hydrogen-bond acceptors (Lipinski definition) is 6. The number of halogens is 1. The Morgan fingerprint density at radius 2 is 2.30 bits per heavy atom. The summed E-state index contributed by atoms with van der Waals surface area (Å²) in [4.78, 5) is 22.0. The van der Waals surface area contributed by atoms with Crippen molar-refractivity contribution in [2.24, 2.45) is 0 Å². The number of oxazole rings is 1. The first-order valence-electron chi connectivity index (χ1n) is 7.79. The molecular weight excluding hydrogens is 303 g/mol. The number of hydrogen-bond donors (Lipinski definition) is 0. The second kappa shape index (κ2) is 5.14. The quantitative estimate of drug-likeness (QED) is 0.863. The lowest BCUT2D eigenvalue weighted by molar-refractivity contribution is 0.0136. The molecule has 122 valence electrons. The van der Waals surface area contributed by atoms with Crippen molar-refractivity contribution in [3.05, 3.63) is 29.6 Å². The van der Waals surface area contributed by atoms with Gasteiger partial charge in [0.1, 0.15) is 0 Å². The summed E-state index contributed by atoms with van der Waals surface area (Å²) in [6.45, 7) is 2.04. The average Bonchev–Trinajstić information content (AvgIpc) is 3.10. The molecule has 8 heteroatoms. The Morgan fingerprint density at radius 3 is 3.00 bits per heavy atom. The summed E-state index contributed by atoms with van der Waals surface area (Å²) in [5.41, 5.74) is -1.30. The van der Waals surface area contributed by atoms with Crippen LogP contribution in [-0.2, 0) is 5.67 Å². The summed E-state index contributed by atoms with van der Waals surface area (Å²) >= 11 is 0. The number of nitrogens with zero attached hydrogens (tertiary/aromatic N) is 4. The standard InChI is InChI=1S/C15H17FN4O3/c1-9-11(22-8-17-9)13(21)20-6-2-5-15(16,7-20)14-18-12(19-23-14)10-3-4-10/h8,10H,2-7H2,1H3. The zero-order valence-electron chi connectivity index (χ0n) is 12.8. The van der Waals surface area contributed by atoms with Crippen LogP contribution in [0.1, 0.15) is 59.6 Å². The minimum atomic E-state index is -1.80. The summed E-state index contributed by atoms with van der Waals surface area (Å²) in [5.74, 6) is 0.647. The highest BCUT2D eigenvalue weighted by Gasteiger charge is 2.45. The van der Waals surface area contributed by atoms with E-state index in [0.717, 1.165) is 12.8 Å². The van der Waals surface area contributed by atoms with Crippen molar-refractivity contribution >= 4 is 5.91 Å². The van der Waals surface area contributed by atoms with Gasteiger partial charge in [-0.15, -0.1) is 0 Å². The SMILES string of the molecule is Cc1ncoc1C(=O)N1CCCC(F)(c2nc(C3CC3)no2)C1. The van der Waals surface area contributed by atoms with Crippen LogP contribution in [0.2, 0.25) is 0 Å². The molecule has 3 heterocycles. The van der Waals surface area contributed by atoms with Crippen molar-refractivity contribution in [3.8, 4) is 0 Å². The lowest BCUT2D eigenvalue weighted by Crippen LogP contribution is -2.46. The fraction of sp³-hybridized carbons (Fsp3) is 0.600. The molecule has 1 saturated heterocycles. The van der Waals surface area contributed by atoms with Gasteiger partial charge < -0.3 is 13.8 Å². The number of rotatable bonds is 3. The van der Waals surface area contributed by atoms with E-state index in [1.807, 2.05) is 0 Å². The smallest absolute Gasteiger partial charge is 0.291 e. The second-order valence-electron chi connectivity index (χ2n) is 6.29. The number of carbonyl (C=O) groups is 1. The number of likely N-dealkylation sites (tertiary alicyclic amines) is 1. The van der Waals surface area contributed by atoms with E-state index in [9.17, 15) is 4.79 Å².